The summed E-state index contributed by atoms with van der Waals surface area (Å²) in [5, 5.41) is 7.22. The SMILES string of the molecule is Cc1c(N)n[nH]c1C1CCCC2CC21. The van der Waals surface area contributed by atoms with Gasteiger partial charge in [0.1, 0.15) is 5.82 Å². The fraction of sp³-hybridized carbons (Fsp3) is 0.727. The van der Waals surface area contributed by atoms with E-state index in [0.717, 1.165) is 17.8 Å². The molecule has 2 fully saturated rings. The van der Waals surface area contributed by atoms with Crippen LogP contribution < -0.4 is 5.73 Å². The van der Waals surface area contributed by atoms with Gasteiger partial charge in [0.25, 0.3) is 0 Å². The summed E-state index contributed by atoms with van der Waals surface area (Å²) in [6.07, 6.45) is 5.58. The quantitative estimate of drug-likeness (QED) is 0.715. The zero-order valence-corrected chi connectivity index (χ0v) is 8.59. The van der Waals surface area contributed by atoms with Crippen LogP contribution >= 0.6 is 0 Å². The molecule has 3 heteroatoms. The molecule has 2 saturated carbocycles. The van der Waals surface area contributed by atoms with Crippen molar-refractivity contribution in [3.63, 3.8) is 0 Å². The van der Waals surface area contributed by atoms with Crippen LogP contribution in [-0.4, -0.2) is 10.2 Å². The maximum atomic E-state index is 5.76. The number of anilines is 1. The summed E-state index contributed by atoms with van der Waals surface area (Å²) in [5.74, 6) is 3.35. The number of nitrogen functional groups attached to an aromatic ring is 1. The smallest absolute Gasteiger partial charge is 0.148 e. The fourth-order valence-electron chi connectivity index (χ4n) is 3.06. The van der Waals surface area contributed by atoms with E-state index in [9.17, 15) is 0 Å². The van der Waals surface area contributed by atoms with Gasteiger partial charge in [0.2, 0.25) is 0 Å². The second-order valence-electron chi connectivity index (χ2n) is 4.84. The number of hydrogen-bond acceptors (Lipinski definition) is 2. The number of aromatic nitrogens is 2. The van der Waals surface area contributed by atoms with E-state index in [0.29, 0.717) is 5.82 Å². The molecule has 3 atom stereocenters. The van der Waals surface area contributed by atoms with Crippen molar-refractivity contribution >= 4 is 5.82 Å². The average molecular weight is 191 g/mol. The van der Waals surface area contributed by atoms with Crippen LogP contribution in [0.2, 0.25) is 0 Å². The Morgan fingerprint density at radius 3 is 3.00 bits per heavy atom. The number of nitrogens with two attached hydrogens (primary N) is 1. The van der Waals surface area contributed by atoms with Crippen molar-refractivity contribution in [3.05, 3.63) is 11.3 Å². The number of fused-ring (bicyclic) bond motifs is 1. The molecule has 0 amide bonds. The van der Waals surface area contributed by atoms with Gasteiger partial charge in [-0.25, -0.2) is 0 Å². The molecule has 76 valence electrons. The number of H-pyrrole nitrogens is 1. The number of hydrogen-bond donors (Lipinski definition) is 2. The van der Waals surface area contributed by atoms with Crippen LogP contribution in [0.5, 0.6) is 0 Å². The number of nitrogens with zero attached hydrogens (tertiary/aromatic N) is 1. The lowest BCUT2D eigenvalue weighted by Crippen LogP contribution is -2.09. The summed E-state index contributed by atoms with van der Waals surface area (Å²) in [6.45, 7) is 2.08. The van der Waals surface area contributed by atoms with E-state index in [4.69, 9.17) is 5.73 Å². The molecule has 2 aliphatic rings. The molecule has 2 aliphatic carbocycles. The Labute approximate surface area is 84.1 Å². The molecule has 0 radical (unpaired) electrons. The van der Waals surface area contributed by atoms with Gasteiger partial charge in [-0.2, -0.15) is 5.10 Å². The van der Waals surface area contributed by atoms with E-state index in [2.05, 4.69) is 17.1 Å². The second-order valence-corrected chi connectivity index (χ2v) is 4.84. The van der Waals surface area contributed by atoms with Gasteiger partial charge < -0.3 is 5.73 Å². The van der Waals surface area contributed by atoms with Crippen LogP contribution in [0.4, 0.5) is 5.82 Å². The maximum Gasteiger partial charge on any atom is 0.148 e. The van der Waals surface area contributed by atoms with Crippen molar-refractivity contribution in [2.75, 3.05) is 5.73 Å². The van der Waals surface area contributed by atoms with Crippen LogP contribution in [0, 0.1) is 18.8 Å². The molecule has 0 aliphatic heterocycles. The minimum absolute atomic E-state index is 0.683. The van der Waals surface area contributed by atoms with Crippen LogP contribution in [0.25, 0.3) is 0 Å². The minimum Gasteiger partial charge on any atom is -0.382 e. The molecular formula is C11H17N3. The summed E-state index contributed by atoms with van der Waals surface area (Å²) in [5.41, 5.74) is 8.26. The average Bonchev–Trinajstić information content (AvgIpc) is 2.90. The lowest BCUT2D eigenvalue weighted by atomic mass is 9.85. The van der Waals surface area contributed by atoms with Crippen LogP contribution in [0.1, 0.15) is 42.9 Å². The van der Waals surface area contributed by atoms with Crippen molar-refractivity contribution in [1.82, 2.24) is 10.2 Å². The molecule has 3 nitrogen and oxygen atoms in total. The minimum atomic E-state index is 0.683. The Morgan fingerprint density at radius 1 is 1.43 bits per heavy atom. The normalized spacial score (nSPS) is 35.4. The number of rotatable bonds is 1. The van der Waals surface area contributed by atoms with E-state index >= 15 is 0 Å². The van der Waals surface area contributed by atoms with E-state index in [-0.39, 0.29) is 0 Å². The largest absolute Gasteiger partial charge is 0.382 e. The first-order chi connectivity index (χ1) is 6.77. The zero-order chi connectivity index (χ0) is 9.71. The molecule has 1 aromatic rings. The topological polar surface area (TPSA) is 54.7 Å². The van der Waals surface area contributed by atoms with Crippen molar-refractivity contribution in [2.45, 2.75) is 38.5 Å². The van der Waals surface area contributed by atoms with Gasteiger partial charge in [-0.15, -0.1) is 0 Å². The molecule has 0 saturated heterocycles. The summed E-state index contributed by atoms with van der Waals surface area (Å²) in [7, 11) is 0. The molecule has 1 aromatic heterocycles. The van der Waals surface area contributed by atoms with E-state index in [1.807, 2.05) is 0 Å². The molecule has 3 N–H and O–H groups in total. The predicted molar refractivity (Wildman–Crippen MR) is 55.9 cm³/mol. The van der Waals surface area contributed by atoms with Gasteiger partial charge in [-0.05, 0) is 31.6 Å². The molecule has 0 bridgehead atoms. The Hall–Kier alpha value is -0.990. The molecule has 3 rings (SSSR count). The van der Waals surface area contributed by atoms with E-state index in [1.54, 1.807) is 0 Å². The number of aromatic amines is 1. The van der Waals surface area contributed by atoms with Gasteiger partial charge in [-0.1, -0.05) is 12.8 Å². The molecule has 0 aromatic carbocycles. The van der Waals surface area contributed by atoms with Gasteiger partial charge in [-0.3, -0.25) is 5.10 Å². The molecule has 1 heterocycles. The molecule has 3 unspecified atom stereocenters. The van der Waals surface area contributed by atoms with Crippen molar-refractivity contribution in [3.8, 4) is 0 Å². The van der Waals surface area contributed by atoms with Crippen LogP contribution in [0.15, 0.2) is 0 Å². The molecule has 14 heavy (non-hydrogen) atoms. The highest BCUT2D eigenvalue weighted by atomic mass is 15.2. The highest BCUT2D eigenvalue weighted by Crippen LogP contribution is 2.56. The third-order valence-electron chi connectivity index (χ3n) is 4.04. The summed E-state index contributed by atoms with van der Waals surface area (Å²) in [6, 6.07) is 0. The maximum absolute atomic E-state index is 5.76. The Kier molecular flexibility index (Phi) is 1.64. The second kappa shape index (κ2) is 2.75. The monoisotopic (exact) mass is 191 g/mol. The standard InChI is InChI=1S/C11H17N3/c1-6-10(13-14-11(6)12)8-4-2-3-7-5-9(7)8/h7-9H,2-5H2,1H3,(H3,12,13,14). The zero-order valence-electron chi connectivity index (χ0n) is 8.59. The first-order valence-corrected chi connectivity index (χ1v) is 5.57. The summed E-state index contributed by atoms with van der Waals surface area (Å²) >= 11 is 0. The number of nitrogens with one attached hydrogen (secondary N) is 1. The third kappa shape index (κ3) is 1.08. The Balaban J connectivity index is 1.91. The lowest BCUT2D eigenvalue weighted by Gasteiger charge is -2.20. The summed E-state index contributed by atoms with van der Waals surface area (Å²) in [4.78, 5) is 0. The van der Waals surface area contributed by atoms with Gasteiger partial charge in [0.05, 0.1) is 0 Å². The highest BCUT2D eigenvalue weighted by Gasteiger charge is 2.46. The molecular weight excluding hydrogens is 174 g/mol. The lowest BCUT2D eigenvalue weighted by molar-refractivity contribution is 0.412. The van der Waals surface area contributed by atoms with Gasteiger partial charge in [0, 0.05) is 17.2 Å². The Bertz CT molecular complexity index is 355. The predicted octanol–water partition coefficient (Wildman–Crippen LogP) is 2.20. The van der Waals surface area contributed by atoms with Crippen molar-refractivity contribution in [2.24, 2.45) is 11.8 Å². The van der Waals surface area contributed by atoms with Crippen LogP contribution in [0.3, 0.4) is 0 Å². The van der Waals surface area contributed by atoms with Crippen molar-refractivity contribution in [1.29, 1.82) is 0 Å². The summed E-state index contributed by atoms with van der Waals surface area (Å²) < 4.78 is 0. The van der Waals surface area contributed by atoms with Crippen LogP contribution in [-0.2, 0) is 0 Å². The third-order valence-corrected chi connectivity index (χ3v) is 4.04. The van der Waals surface area contributed by atoms with E-state index < -0.39 is 0 Å². The Morgan fingerprint density at radius 2 is 2.29 bits per heavy atom. The molecule has 0 spiro atoms. The van der Waals surface area contributed by atoms with Gasteiger partial charge >= 0.3 is 0 Å². The first-order valence-electron chi connectivity index (χ1n) is 5.57. The first kappa shape index (κ1) is 8.33. The highest BCUT2D eigenvalue weighted by molar-refractivity contribution is 5.42. The van der Waals surface area contributed by atoms with Gasteiger partial charge in [0.15, 0.2) is 0 Å². The fourth-order valence-corrected chi connectivity index (χ4v) is 3.06. The van der Waals surface area contributed by atoms with Crippen molar-refractivity contribution < 1.29 is 0 Å². The van der Waals surface area contributed by atoms with E-state index in [1.165, 1.54) is 36.9 Å².